The van der Waals surface area contributed by atoms with E-state index in [1.165, 1.54) is 0 Å². The molecule has 0 aromatic heterocycles. The van der Waals surface area contributed by atoms with Crippen molar-refractivity contribution >= 4 is 5.91 Å². The van der Waals surface area contributed by atoms with Gasteiger partial charge in [-0.05, 0) is 33.5 Å². The summed E-state index contributed by atoms with van der Waals surface area (Å²) in [5.41, 5.74) is 5.82. The van der Waals surface area contributed by atoms with E-state index >= 15 is 0 Å². The number of amides is 1. The molecule has 5 N–H and O–H groups in total. The first-order valence-corrected chi connectivity index (χ1v) is 5.52. The Hall–Kier alpha value is -0.650. The molecule has 0 bridgehead atoms. The van der Waals surface area contributed by atoms with Gasteiger partial charge in [0.05, 0.1) is 0 Å². The maximum Gasteiger partial charge on any atom is 0.221 e. The van der Waals surface area contributed by atoms with Crippen LogP contribution in [0.4, 0.5) is 0 Å². The number of hydrogen-bond acceptors (Lipinski definition) is 4. The zero-order valence-electron chi connectivity index (χ0n) is 9.81. The summed E-state index contributed by atoms with van der Waals surface area (Å²) in [6.45, 7) is 2.41. The number of nitrogens with two attached hydrogens (primary N) is 1. The SMILES string of the molecule is CNCCC[C@H](N)CC(=O)NCCNC. The van der Waals surface area contributed by atoms with E-state index in [0.29, 0.717) is 13.0 Å². The van der Waals surface area contributed by atoms with Gasteiger partial charge in [0.2, 0.25) is 5.91 Å². The van der Waals surface area contributed by atoms with Crippen LogP contribution in [0.1, 0.15) is 19.3 Å². The van der Waals surface area contributed by atoms with Crippen LogP contribution in [0.25, 0.3) is 0 Å². The lowest BCUT2D eigenvalue weighted by Gasteiger charge is -2.11. The molecular formula is C10H24N4O. The van der Waals surface area contributed by atoms with Crippen LogP contribution in [-0.2, 0) is 4.79 Å². The largest absolute Gasteiger partial charge is 0.355 e. The van der Waals surface area contributed by atoms with Crippen molar-refractivity contribution in [2.24, 2.45) is 5.73 Å². The number of carbonyl (C=O) groups excluding carboxylic acids is 1. The van der Waals surface area contributed by atoms with E-state index in [1.54, 1.807) is 0 Å². The molecule has 0 unspecified atom stereocenters. The normalized spacial score (nSPS) is 12.5. The van der Waals surface area contributed by atoms with Gasteiger partial charge in [0.25, 0.3) is 0 Å². The highest BCUT2D eigenvalue weighted by Gasteiger charge is 2.08. The average Bonchev–Trinajstić information content (AvgIpc) is 2.18. The molecule has 0 radical (unpaired) electrons. The van der Waals surface area contributed by atoms with Crippen LogP contribution in [0.3, 0.4) is 0 Å². The van der Waals surface area contributed by atoms with Gasteiger partial charge in [0, 0.05) is 25.6 Å². The maximum atomic E-state index is 11.3. The summed E-state index contributed by atoms with van der Waals surface area (Å²) in [5.74, 6) is 0.0437. The molecule has 0 fully saturated rings. The van der Waals surface area contributed by atoms with Crippen LogP contribution >= 0.6 is 0 Å². The Kier molecular flexibility index (Phi) is 9.46. The van der Waals surface area contributed by atoms with E-state index in [4.69, 9.17) is 5.73 Å². The molecule has 15 heavy (non-hydrogen) atoms. The van der Waals surface area contributed by atoms with Crippen molar-refractivity contribution < 1.29 is 4.79 Å². The summed E-state index contributed by atoms with van der Waals surface area (Å²) in [4.78, 5) is 11.3. The van der Waals surface area contributed by atoms with Gasteiger partial charge >= 0.3 is 0 Å². The molecule has 0 aliphatic heterocycles. The van der Waals surface area contributed by atoms with Gasteiger partial charge < -0.3 is 21.7 Å². The molecule has 0 saturated carbocycles. The minimum absolute atomic E-state index is 0.0204. The molecule has 0 aromatic rings. The molecular weight excluding hydrogens is 192 g/mol. The fraction of sp³-hybridized carbons (Fsp3) is 0.900. The zero-order valence-corrected chi connectivity index (χ0v) is 9.81. The van der Waals surface area contributed by atoms with Gasteiger partial charge in [-0.1, -0.05) is 0 Å². The molecule has 0 spiro atoms. The third-order valence-electron chi connectivity index (χ3n) is 2.15. The van der Waals surface area contributed by atoms with Gasteiger partial charge in [-0.3, -0.25) is 4.79 Å². The summed E-state index contributed by atoms with van der Waals surface area (Å²) in [5, 5.41) is 8.83. The Morgan fingerprint density at radius 1 is 1.20 bits per heavy atom. The lowest BCUT2D eigenvalue weighted by atomic mass is 10.1. The summed E-state index contributed by atoms with van der Waals surface area (Å²) in [7, 11) is 3.77. The topological polar surface area (TPSA) is 79.2 Å². The van der Waals surface area contributed by atoms with Crippen molar-refractivity contribution in [3.8, 4) is 0 Å². The molecule has 1 atom stereocenters. The molecule has 0 heterocycles. The Bertz CT molecular complexity index is 164. The first kappa shape index (κ1) is 14.3. The standard InChI is InChI=1S/C10H24N4O/c1-12-5-3-4-9(11)8-10(15)14-7-6-13-2/h9,12-13H,3-8,11H2,1-2H3,(H,14,15)/t9-/m0/s1. The highest BCUT2D eigenvalue weighted by molar-refractivity contribution is 5.76. The van der Waals surface area contributed by atoms with Gasteiger partial charge in [-0.15, -0.1) is 0 Å². The minimum Gasteiger partial charge on any atom is -0.355 e. The monoisotopic (exact) mass is 216 g/mol. The molecule has 90 valence electrons. The number of hydrogen-bond donors (Lipinski definition) is 4. The second-order valence-corrected chi connectivity index (χ2v) is 3.66. The van der Waals surface area contributed by atoms with Crippen molar-refractivity contribution in [3.63, 3.8) is 0 Å². The Morgan fingerprint density at radius 3 is 2.47 bits per heavy atom. The third kappa shape index (κ3) is 9.65. The fourth-order valence-electron chi connectivity index (χ4n) is 1.28. The molecule has 0 rings (SSSR count). The predicted octanol–water partition coefficient (Wildman–Crippen LogP) is -0.961. The summed E-state index contributed by atoms with van der Waals surface area (Å²) in [6.07, 6.45) is 2.33. The molecule has 1 amide bonds. The summed E-state index contributed by atoms with van der Waals surface area (Å²) in [6, 6.07) is -0.0204. The lowest BCUT2D eigenvalue weighted by molar-refractivity contribution is -0.121. The quantitative estimate of drug-likeness (QED) is 0.374. The van der Waals surface area contributed by atoms with Crippen molar-refractivity contribution in [1.29, 1.82) is 0 Å². The van der Waals surface area contributed by atoms with Crippen molar-refractivity contribution in [3.05, 3.63) is 0 Å². The molecule has 0 aromatic carbocycles. The van der Waals surface area contributed by atoms with E-state index in [-0.39, 0.29) is 11.9 Å². The zero-order chi connectivity index (χ0) is 11.5. The van der Waals surface area contributed by atoms with Crippen molar-refractivity contribution in [1.82, 2.24) is 16.0 Å². The second kappa shape index (κ2) is 9.89. The highest BCUT2D eigenvalue weighted by atomic mass is 16.1. The van der Waals surface area contributed by atoms with Crippen molar-refractivity contribution in [2.75, 3.05) is 33.7 Å². The smallest absolute Gasteiger partial charge is 0.221 e. The van der Waals surface area contributed by atoms with E-state index < -0.39 is 0 Å². The van der Waals surface area contributed by atoms with E-state index in [0.717, 1.165) is 25.9 Å². The summed E-state index contributed by atoms with van der Waals surface area (Å²) < 4.78 is 0. The number of likely N-dealkylation sites (N-methyl/N-ethyl adjacent to an activating group) is 1. The van der Waals surface area contributed by atoms with Crippen LogP contribution in [0.15, 0.2) is 0 Å². The highest BCUT2D eigenvalue weighted by Crippen LogP contribution is 1.97. The third-order valence-corrected chi connectivity index (χ3v) is 2.15. The first-order chi connectivity index (χ1) is 7.20. The molecule has 0 aliphatic carbocycles. The van der Waals surface area contributed by atoms with Crippen LogP contribution in [0.5, 0.6) is 0 Å². The van der Waals surface area contributed by atoms with E-state index in [2.05, 4.69) is 16.0 Å². The maximum absolute atomic E-state index is 11.3. The number of carbonyl (C=O) groups is 1. The molecule has 0 saturated heterocycles. The fourth-order valence-corrected chi connectivity index (χ4v) is 1.28. The second-order valence-electron chi connectivity index (χ2n) is 3.66. The van der Waals surface area contributed by atoms with Crippen LogP contribution < -0.4 is 21.7 Å². The molecule has 5 nitrogen and oxygen atoms in total. The predicted molar refractivity (Wildman–Crippen MR) is 62.7 cm³/mol. The number of rotatable bonds is 9. The van der Waals surface area contributed by atoms with Gasteiger partial charge in [-0.2, -0.15) is 0 Å². The first-order valence-electron chi connectivity index (χ1n) is 5.52. The van der Waals surface area contributed by atoms with E-state index in [1.807, 2.05) is 14.1 Å². The van der Waals surface area contributed by atoms with Crippen LogP contribution in [-0.4, -0.2) is 45.7 Å². The lowest BCUT2D eigenvalue weighted by Crippen LogP contribution is -2.35. The van der Waals surface area contributed by atoms with E-state index in [9.17, 15) is 4.79 Å². The Morgan fingerprint density at radius 2 is 1.87 bits per heavy atom. The van der Waals surface area contributed by atoms with Crippen molar-refractivity contribution in [2.45, 2.75) is 25.3 Å². The Balaban J connectivity index is 3.40. The molecule has 0 aliphatic rings. The average molecular weight is 216 g/mol. The van der Waals surface area contributed by atoms with Crippen LogP contribution in [0.2, 0.25) is 0 Å². The summed E-state index contributed by atoms with van der Waals surface area (Å²) >= 11 is 0. The Labute approximate surface area is 92.2 Å². The molecule has 5 heteroatoms. The van der Waals surface area contributed by atoms with Gasteiger partial charge in [0.1, 0.15) is 0 Å². The number of nitrogens with one attached hydrogen (secondary N) is 3. The van der Waals surface area contributed by atoms with Crippen LogP contribution in [0, 0.1) is 0 Å². The van der Waals surface area contributed by atoms with Gasteiger partial charge in [-0.25, -0.2) is 0 Å². The van der Waals surface area contributed by atoms with Gasteiger partial charge in [0.15, 0.2) is 0 Å². The minimum atomic E-state index is -0.0204.